The zero-order valence-corrected chi connectivity index (χ0v) is 18.1. The molecule has 1 aromatic heterocycles. The van der Waals surface area contributed by atoms with Crippen molar-refractivity contribution in [1.82, 2.24) is 15.1 Å². The van der Waals surface area contributed by atoms with E-state index in [1.54, 1.807) is 34.1 Å². The Hall–Kier alpha value is -2.61. The fraction of sp³-hybridized carbons (Fsp3) is 0.409. The van der Waals surface area contributed by atoms with Gasteiger partial charge in [-0.05, 0) is 62.1 Å². The molecule has 0 aliphatic carbocycles. The first-order valence-electron chi connectivity index (χ1n) is 10.2. The molecule has 1 unspecified atom stereocenters. The summed E-state index contributed by atoms with van der Waals surface area (Å²) in [5.74, 6) is 0.00478. The number of nitrogens with zero attached hydrogens (tertiary/aromatic N) is 2. The summed E-state index contributed by atoms with van der Waals surface area (Å²) in [5, 5.41) is 3.10. The molecule has 1 atom stereocenters. The van der Waals surface area contributed by atoms with E-state index >= 15 is 0 Å². The van der Waals surface area contributed by atoms with Crippen LogP contribution in [0.25, 0.3) is 0 Å². The van der Waals surface area contributed by atoms with Crippen LogP contribution in [0, 0.1) is 0 Å². The number of carbonyl (C=O) groups excluding carboxylic acids is 3. The predicted octanol–water partition coefficient (Wildman–Crippen LogP) is 3.07. The Kier molecular flexibility index (Phi) is 6.22. The molecule has 1 N–H and O–H groups in total. The van der Waals surface area contributed by atoms with E-state index in [0.717, 1.165) is 10.9 Å². The first-order chi connectivity index (χ1) is 14.5. The van der Waals surface area contributed by atoms with Crippen molar-refractivity contribution in [2.75, 3.05) is 19.6 Å². The number of nitrogens with one attached hydrogen (secondary N) is 1. The number of halogens is 1. The molecule has 0 spiro atoms. The van der Waals surface area contributed by atoms with Gasteiger partial charge in [0.15, 0.2) is 5.76 Å². The highest BCUT2D eigenvalue weighted by atomic mass is 79.9. The maximum Gasteiger partial charge on any atom is 0.289 e. The number of rotatable bonds is 4. The minimum Gasteiger partial charge on any atom is -0.459 e. The Balaban J connectivity index is 1.32. The molecule has 158 valence electrons. The molecule has 30 heavy (non-hydrogen) atoms. The Labute approximate surface area is 183 Å². The molecule has 0 radical (unpaired) electrons. The van der Waals surface area contributed by atoms with Gasteiger partial charge < -0.3 is 19.5 Å². The number of furan rings is 1. The summed E-state index contributed by atoms with van der Waals surface area (Å²) in [6.45, 7) is 1.72. The third-order valence-electron chi connectivity index (χ3n) is 5.77. The van der Waals surface area contributed by atoms with Gasteiger partial charge in [-0.15, -0.1) is 0 Å². The normalized spacial score (nSPS) is 19.7. The van der Waals surface area contributed by atoms with Crippen LogP contribution >= 0.6 is 15.9 Å². The van der Waals surface area contributed by atoms with Crippen LogP contribution < -0.4 is 5.32 Å². The summed E-state index contributed by atoms with van der Waals surface area (Å²) in [4.78, 5) is 41.6. The summed E-state index contributed by atoms with van der Waals surface area (Å²) >= 11 is 3.37. The summed E-state index contributed by atoms with van der Waals surface area (Å²) in [5.41, 5.74) is 0.586. The van der Waals surface area contributed by atoms with Crippen LogP contribution in [0.3, 0.4) is 0 Å². The molecule has 2 saturated heterocycles. The van der Waals surface area contributed by atoms with Crippen molar-refractivity contribution in [1.29, 1.82) is 0 Å². The highest BCUT2D eigenvalue weighted by Crippen LogP contribution is 2.22. The number of likely N-dealkylation sites (tertiary alicyclic amines) is 2. The lowest BCUT2D eigenvalue weighted by Crippen LogP contribution is -2.52. The molecule has 4 rings (SSSR count). The highest BCUT2D eigenvalue weighted by Gasteiger charge is 2.36. The summed E-state index contributed by atoms with van der Waals surface area (Å²) in [7, 11) is 0. The second kappa shape index (κ2) is 9.04. The first kappa shape index (κ1) is 20.7. The fourth-order valence-corrected chi connectivity index (χ4v) is 4.39. The average Bonchev–Trinajstić information content (AvgIpc) is 3.46. The minimum atomic E-state index is -0.441. The van der Waals surface area contributed by atoms with Crippen molar-refractivity contribution >= 4 is 33.7 Å². The second-order valence-corrected chi connectivity index (χ2v) is 8.63. The van der Waals surface area contributed by atoms with E-state index in [1.807, 2.05) is 12.1 Å². The first-order valence-corrected chi connectivity index (χ1v) is 11.0. The van der Waals surface area contributed by atoms with Crippen LogP contribution in [0.2, 0.25) is 0 Å². The van der Waals surface area contributed by atoms with E-state index in [9.17, 15) is 14.4 Å². The maximum atomic E-state index is 12.9. The molecule has 0 saturated carbocycles. The molecule has 3 amide bonds. The van der Waals surface area contributed by atoms with Crippen molar-refractivity contribution < 1.29 is 18.8 Å². The van der Waals surface area contributed by atoms with E-state index in [1.165, 1.54) is 6.26 Å². The van der Waals surface area contributed by atoms with Crippen LogP contribution in [0.15, 0.2) is 51.6 Å². The van der Waals surface area contributed by atoms with Gasteiger partial charge in [-0.3, -0.25) is 14.4 Å². The van der Waals surface area contributed by atoms with Crippen molar-refractivity contribution in [2.24, 2.45) is 0 Å². The van der Waals surface area contributed by atoms with Crippen molar-refractivity contribution in [3.8, 4) is 0 Å². The van der Waals surface area contributed by atoms with Gasteiger partial charge in [-0.2, -0.15) is 0 Å². The Bertz CT molecular complexity index is 905. The van der Waals surface area contributed by atoms with Crippen LogP contribution in [0.1, 0.15) is 46.6 Å². The second-order valence-electron chi connectivity index (χ2n) is 7.72. The molecule has 2 fully saturated rings. The van der Waals surface area contributed by atoms with Gasteiger partial charge in [0.25, 0.3) is 11.8 Å². The van der Waals surface area contributed by atoms with E-state index < -0.39 is 6.04 Å². The highest BCUT2D eigenvalue weighted by molar-refractivity contribution is 9.10. The molecule has 0 bridgehead atoms. The van der Waals surface area contributed by atoms with E-state index in [4.69, 9.17) is 4.42 Å². The molecule has 2 aliphatic heterocycles. The van der Waals surface area contributed by atoms with Crippen molar-refractivity contribution in [3.05, 3.63) is 58.5 Å². The number of benzene rings is 1. The molecule has 1 aromatic carbocycles. The summed E-state index contributed by atoms with van der Waals surface area (Å²) < 4.78 is 6.09. The monoisotopic (exact) mass is 473 g/mol. The molecule has 2 aromatic rings. The smallest absolute Gasteiger partial charge is 0.289 e. The van der Waals surface area contributed by atoms with Crippen molar-refractivity contribution in [2.45, 2.75) is 37.8 Å². The zero-order valence-electron chi connectivity index (χ0n) is 16.6. The van der Waals surface area contributed by atoms with E-state index in [0.29, 0.717) is 50.2 Å². The Morgan fingerprint density at radius 2 is 1.70 bits per heavy atom. The van der Waals surface area contributed by atoms with Gasteiger partial charge in [0.1, 0.15) is 6.04 Å². The van der Waals surface area contributed by atoms with Crippen LogP contribution in [-0.4, -0.2) is 59.2 Å². The van der Waals surface area contributed by atoms with E-state index in [2.05, 4.69) is 21.2 Å². The van der Waals surface area contributed by atoms with Crippen LogP contribution in [0.4, 0.5) is 0 Å². The predicted molar refractivity (Wildman–Crippen MR) is 114 cm³/mol. The maximum absolute atomic E-state index is 12.9. The van der Waals surface area contributed by atoms with Gasteiger partial charge >= 0.3 is 0 Å². The summed E-state index contributed by atoms with van der Waals surface area (Å²) in [6.07, 6.45) is 4.35. The minimum absolute atomic E-state index is 0.00313. The Morgan fingerprint density at radius 1 is 0.967 bits per heavy atom. The number of hydrogen-bond acceptors (Lipinski definition) is 4. The lowest BCUT2D eigenvalue weighted by atomic mass is 10.0. The van der Waals surface area contributed by atoms with Crippen molar-refractivity contribution in [3.63, 3.8) is 0 Å². The average molecular weight is 474 g/mol. The summed E-state index contributed by atoms with van der Waals surface area (Å²) in [6, 6.07) is 10.1. The number of hydrogen-bond donors (Lipinski definition) is 1. The van der Waals surface area contributed by atoms with Gasteiger partial charge in [0.2, 0.25) is 5.91 Å². The molecule has 2 aliphatic rings. The molecule has 3 heterocycles. The third-order valence-corrected chi connectivity index (χ3v) is 6.30. The quantitative estimate of drug-likeness (QED) is 0.739. The lowest BCUT2D eigenvalue weighted by molar-refractivity contribution is -0.125. The number of carbonyl (C=O) groups is 3. The van der Waals surface area contributed by atoms with Crippen LogP contribution in [-0.2, 0) is 4.79 Å². The van der Waals surface area contributed by atoms with Gasteiger partial charge in [0.05, 0.1) is 6.26 Å². The fourth-order valence-electron chi connectivity index (χ4n) is 4.12. The lowest BCUT2D eigenvalue weighted by Gasteiger charge is -2.33. The molecule has 7 nitrogen and oxygen atoms in total. The van der Waals surface area contributed by atoms with E-state index in [-0.39, 0.29) is 23.8 Å². The molecular weight excluding hydrogens is 450 g/mol. The zero-order chi connectivity index (χ0) is 21.1. The largest absolute Gasteiger partial charge is 0.459 e. The van der Waals surface area contributed by atoms with Crippen LogP contribution in [0.5, 0.6) is 0 Å². The molecular formula is C22H24BrN3O4. The van der Waals surface area contributed by atoms with Gasteiger partial charge in [0, 0.05) is 35.7 Å². The number of piperidine rings is 1. The Morgan fingerprint density at radius 3 is 2.37 bits per heavy atom. The third kappa shape index (κ3) is 4.43. The standard InChI is InChI=1S/C22H24BrN3O4/c23-16-7-5-15(6-8-16)21(28)26-11-1-3-18(26)20(27)24-17-9-12-25(13-10-17)22(29)19-4-2-14-30-19/h2,4-8,14,17-18H,1,3,9-13H2,(H,24,27). The topological polar surface area (TPSA) is 82.9 Å². The van der Waals surface area contributed by atoms with Gasteiger partial charge in [-0.1, -0.05) is 15.9 Å². The molecule has 8 heteroatoms. The SMILES string of the molecule is O=C(NC1CCN(C(=O)c2ccco2)CC1)C1CCCN1C(=O)c1ccc(Br)cc1. The number of amides is 3. The van der Waals surface area contributed by atoms with Gasteiger partial charge in [-0.25, -0.2) is 0 Å².